The van der Waals surface area contributed by atoms with E-state index in [0.717, 1.165) is 24.5 Å². The minimum Gasteiger partial charge on any atom is -0.311 e. The van der Waals surface area contributed by atoms with E-state index in [9.17, 15) is 0 Å². The Hall–Kier alpha value is -1.26. The Morgan fingerprint density at radius 1 is 1.44 bits per heavy atom. The zero-order valence-corrected chi connectivity index (χ0v) is 9.97. The van der Waals surface area contributed by atoms with Crippen LogP contribution in [0.5, 0.6) is 0 Å². The van der Waals surface area contributed by atoms with Gasteiger partial charge in [0.2, 0.25) is 0 Å². The summed E-state index contributed by atoms with van der Waals surface area (Å²) in [4.78, 5) is 10.3. The standard InChI is InChI=1S/C12H13N3S/c1-8-2-4-13-6-9(8)12-15-10-3-5-14-7-11(10)16-12/h2,4,6,14H,3,5,7H2,1H3. The fraction of sp³-hybridized carbons (Fsp3) is 0.333. The van der Waals surface area contributed by atoms with Crippen LogP contribution in [0.25, 0.3) is 10.6 Å². The lowest BCUT2D eigenvalue weighted by Gasteiger charge is -2.09. The second-order valence-corrected chi connectivity index (χ2v) is 5.09. The summed E-state index contributed by atoms with van der Waals surface area (Å²) < 4.78 is 0. The smallest absolute Gasteiger partial charge is 0.125 e. The van der Waals surface area contributed by atoms with Gasteiger partial charge in [-0.25, -0.2) is 4.98 Å². The van der Waals surface area contributed by atoms with Gasteiger partial charge in [-0.15, -0.1) is 11.3 Å². The summed E-state index contributed by atoms with van der Waals surface area (Å²) in [6, 6.07) is 2.04. The first-order chi connectivity index (χ1) is 7.84. The van der Waals surface area contributed by atoms with Crippen molar-refractivity contribution in [2.24, 2.45) is 0 Å². The van der Waals surface area contributed by atoms with Crippen LogP contribution in [0.15, 0.2) is 18.5 Å². The average Bonchev–Trinajstić information content (AvgIpc) is 2.73. The van der Waals surface area contributed by atoms with E-state index in [1.54, 1.807) is 11.3 Å². The maximum atomic E-state index is 4.72. The number of rotatable bonds is 1. The summed E-state index contributed by atoms with van der Waals surface area (Å²) >= 11 is 1.79. The van der Waals surface area contributed by atoms with Gasteiger partial charge < -0.3 is 5.32 Å². The van der Waals surface area contributed by atoms with Gasteiger partial charge in [0, 0.05) is 42.3 Å². The zero-order chi connectivity index (χ0) is 11.0. The van der Waals surface area contributed by atoms with Crippen molar-refractivity contribution in [3.63, 3.8) is 0 Å². The predicted molar refractivity (Wildman–Crippen MR) is 65.5 cm³/mol. The molecule has 0 fully saturated rings. The number of thiazole rings is 1. The van der Waals surface area contributed by atoms with Gasteiger partial charge in [0.25, 0.3) is 0 Å². The van der Waals surface area contributed by atoms with Crippen LogP contribution < -0.4 is 5.32 Å². The van der Waals surface area contributed by atoms with E-state index in [1.165, 1.54) is 21.7 Å². The van der Waals surface area contributed by atoms with Crippen LogP contribution in [0, 0.1) is 6.92 Å². The second-order valence-electron chi connectivity index (χ2n) is 4.01. The fourth-order valence-electron chi connectivity index (χ4n) is 1.93. The molecule has 0 saturated heterocycles. The summed E-state index contributed by atoms with van der Waals surface area (Å²) in [7, 11) is 0. The highest BCUT2D eigenvalue weighted by molar-refractivity contribution is 7.15. The maximum absolute atomic E-state index is 4.72. The van der Waals surface area contributed by atoms with Crippen molar-refractivity contribution in [3.05, 3.63) is 34.6 Å². The largest absolute Gasteiger partial charge is 0.311 e. The van der Waals surface area contributed by atoms with Gasteiger partial charge in [-0.05, 0) is 18.6 Å². The first-order valence-corrected chi connectivity index (χ1v) is 6.26. The first-order valence-electron chi connectivity index (χ1n) is 5.45. The number of hydrogen-bond donors (Lipinski definition) is 1. The van der Waals surface area contributed by atoms with Crippen molar-refractivity contribution >= 4 is 11.3 Å². The average molecular weight is 231 g/mol. The van der Waals surface area contributed by atoms with Crippen molar-refractivity contribution in [1.82, 2.24) is 15.3 Å². The molecule has 82 valence electrons. The van der Waals surface area contributed by atoms with Crippen LogP contribution in [-0.4, -0.2) is 16.5 Å². The molecule has 16 heavy (non-hydrogen) atoms. The molecule has 0 aromatic carbocycles. The van der Waals surface area contributed by atoms with Crippen molar-refractivity contribution in [2.75, 3.05) is 6.54 Å². The lowest BCUT2D eigenvalue weighted by atomic mass is 10.2. The predicted octanol–water partition coefficient (Wildman–Crippen LogP) is 2.16. The quantitative estimate of drug-likeness (QED) is 0.817. The number of fused-ring (bicyclic) bond motifs is 1. The van der Waals surface area contributed by atoms with Crippen LogP contribution in [0.1, 0.15) is 16.1 Å². The zero-order valence-electron chi connectivity index (χ0n) is 9.16. The molecule has 0 bridgehead atoms. The summed E-state index contributed by atoms with van der Waals surface area (Å²) in [6.07, 6.45) is 4.78. The van der Waals surface area contributed by atoms with Crippen molar-refractivity contribution in [2.45, 2.75) is 19.9 Å². The Morgan fingerprint density at radius 3 is 3.19 bits per heavy atom. The second kappa shape index (κ2) is 3.96. The summed E-state index contributed by atoms with van der Waals surface area (Å²) in [5.41, 5.74) is 3.68. The molecule has 3 rings (SSSR count). The minimum absolute atomic E-state index is 0.965. The topological polar surface area (TPSA) is 37.8 Å². The molecule has 3 heterocycles. The minimum atomic E-state index is 0.965. The molecule has 2 aromatic rings. The Kier molecular flexibility index (Phi) is 2.46. The number of aromatic nitrogens is 2. The van der Waals surface area contributed by atoms with E-state index in [-0.39, 0.29) is 0 Å². The first kappa shape index (κ1) is 9.93. The molecule has 1 aliphatic heterocycles. The van der Waals surface area contributed by atoms with E-state index in [1.807, 2.05) is 18.5 Å². The van der Waals surface area contributed by atoms with Gasteiger partial charge in [0.15, 0.2) is 0 Å². The van der Waals surface area contributed by atoms with Gasteiger partial charge in [0.05, 0.1) is 5.69 Å². The molecule has 1 N–H and O–H groups in total. The summed E-state index contributed by atoms with van der Waals surface area (Å²) in [5, 5.41) is 4.49. The van der Waals surface area contributed by atoms with E-state index >= 15 is 0 Å². The Labute approximate surface area is 98.6 Å². The Balaban J connectivity index is 2.07. The molecule has 0 saturated carbocycles. The number of aryl methyl sites for hydroxylation is 1. The van der Waals surface area contributed by atoms with E-state index in [0.29, 0.717) is 0 Å². The maximum Gasteiger partial charge on any atom is 0.125 e. The highest BCUT2D eigenvalue weighted by Crippen LogP contribution is 2.30. The Morgan fingerprint density at radius 2 is 2.38 bits per heavy atom. The molecule has 4 heteroatoms. The van der Waals surface area contributed by atoms with Crippen LogP contribution in [0.4, 0.5) is 0 Å². The van der Waals surface area contributed by atoms with Crippen molar-refractivity contribution < 1.29 is 0 Å². The van der Waals surface area contributed by atoms with Gasteiger partial charge in [-0.2, -0.15) is 0 Å². The molecule has 1 aliphatic rings. The molecular weight excluding hydrogens is 218 g/mol. The van der Waals surface area contributed by atoms with E-state index in [2.05, 4.69) is 17.2 Å². The molecule has 0 unspecified atom stereocenters. The molecule has 0 amide bonds. The van der Waals surface area contributed by atoms with E-state index < -0.39 is 0 Å². The third-order valence-electron chi connectivity index (χ3n) is 2.87. The SMILES string of the molecule is Cc1ccncc1-c1nc2c(s1)CNCC2. The molecule has 0 radical (unpaired) electrons. The lowest BCUT2D eigenvalue weighted by Crippen LogP contribution is -2.22. The summed E-state index contributed by atoms with van der Waals surface area (Å²) in [5.74, 6) is 0. The van der Waals surface area contributed by atoms with Crippen LogP contribution in [0.3, 0.4) is 0 Å². The molecular formula is C12H13N3S. The highest BCUT2D eigenvalue weighted by atomic mass is 32.1. The van der Waals surface area contributed by atoms with Gasteiger partial charge in [-0.3, -0.25) is 4.98 Å². The van der Waals surface area contributed by atoms with Crippen LogP contribution >= 0.6 is 11.3 Å². The molecule has 0 atom stereocenters. The van der Waals surface area contributed by atoms with Gasteiger partial charge in [-0.1, -0.05) is 0 Å². The molecule has 0 spiro atoms. The fourth-order valence-corrected chi connectivity index (χ4v) is 3.08. The number of nitrogens with one attached hydrogen (secondary N) is 1. The monoisotopic (exact) mass is 231 g/mol. The van der Waals surface area contributed by atoms with Gasteiger partial charge in [0.1, 0.15) is 5.01 Å². The summed E-state index contributed by atoms with van der Waals surface area (Å²) in [6.45, 7) is 4.12. The highest BCUT2D eigenvalue weighted by Gasteiger charge is 2.16. The van der Waals surface area contributed by atoms with Crippen LogP contribution in [-0.2, 0) is 13.0 Å². The molecule has 0 aliphatic carbocycles. The molecule has 3 nitrogen and oxygen atoms in total. The van der Waals surface area contributed by atoms with Crippen molar-refractivity contribution in [3.8, 4) is 10.6 Å². The Bertz CT molecular complexity index is 495. The number of nitrogens with zero attached hydrogens (tertiary/aromatic N) is 2. The van der Waals surface area contributed by atoms with E-state index in [4.69, 9.17) is 4.98 Å². The molecule has 2 aromatic heterocycles. The normalized spacial score (nSPS) is 14.8. The third kappa shape index (κ3) is 1.64. The lowest BCUT2D eigenvalue weighted by molar-refractivity contribution is 0.644. The third-order valence-corrected chi connectivity index (χ3v) is 4.00. The number of pyridine rings is 1. The van der Waals surface area contributed by atoms with Crippen LogP contribution in [0.2, 0.25) is 0 Å². The van der Waals surface area contributed by atoms with Gasteiger partial charge >= 0.3 is 0 Å². The number of hydrogen-bond acceptors (Lipinski definition) is 4. The van der Waals surface area contributed by atoms with Crippen molar-refractivity contribution in [1.29, 1.82) is 0 Å².